The van der Waals surface area contributed by atoms with E-state index in [1.54, 1.807) is 0 Å². The highest BCUT2D eigenvalue weighted by molar-refractivity contribution is 7.99. The first-order chi connectivity index (χ1) is 13.2. The summed E-state index contributed by atoms with van der Waals surface area (Å²) in [5.41, 5.74) is 1.17. The number of thioether (sulfide) groups is 1. The number of hydrogen-bond donors (Lipinski definition) is 3. The van der Waals surface area contributed by atoms with Crippen molar-refractivity contribution < 1.29 is 9.53 Å². The molecule has 2 aliphatic heterocycles. The Morgan fingerprint density at radius 1 is 1.15 bits per heavy atom. The van der Waals surface area contributed by atoms with Crippen LogP contribution in [-0.2, 0) is 9.53 Å². The Morgan fingerprint density at radius 2 is 1.93 bits per heavy atom. The average molecular weight is 390 g/mol. The maximum absolute atomic E-state index is 12.7. The number of carbonyl (C=O) groups excluding carboxylic acids is 1. The molecule has 1 saturated carbocycles. The number of fused-ring (bicyclic) bond motifs is 1. The largest absolute Gasteiger partial charge is 0.382 e. The van der Waals surface area contributed by atoms with E-state index in [-0.39, 0.29) is 24.0 Å². The number of amides is 1. The van der Waals surface area contributed by atoms with Crippen LogP contribution in [0.1, 0.15) is 32.6 Å². The molecule has 0 radical (unpaired) electrons. The van der Waals surface area contributed by atoms with Gasteiger partial charge in [0.05, 0.1) is 12.1 Å². The molecule has 1 aliphatic carbocycles. The van der Waals surface area contributed by atoms with Gasteiger partial charge >= 0.3 is 0 Å². The van der Waals surface area contributed by atoms with Gasteiger partial charge in [0.25, 0.3) is 0 Å². The number of carbonyl (C=O) groups is 1. The molecular formula is C21H31N3O2S. The summed E-state index contributed by atoms with van der Waals surface area (Å²) >= 11 is 1.98. The maximum atomic E-state index is 12.7. The van der Waals surface area contributed by atoms with Gasteiger partial charge in [-0.25, -0.2) is 0 Å². The number of hydrogen-bond acceptors (Lipinski definition) is 5. The number of ether oxygens (including phenoxy) is 1. The second kappa shape index (κ2) is 8.84. The van der Waals surface area contributed by atoms with Crippen LogP contribution in [0.3, 0.4) is 0 Å². The van der Waals surface area contributed by atoms with E-state index in [0.717, 1.165) is 44.6 Å². The quantitative estimate of drug-likeness (QED) is 0.723. The molecule has 5 unspecified atom stereocenters. The van der Waals surface area contributed by atoms with Crippen LogP contribution in [0.4, 0.5) is 5.69 Å². The van der Waals surface area contributed by atoms with E-state index in [1.165, 1.54) is 5.69 Å². The van der Waals surface area contributed by atoms with Crippen LogP contribution in [0.15, 0.2) is 30.3 Å². The fraction of sp³-hybridized carbons (Fsp3) is 0.667. The van der Waals surface area contributed by atoms with Gasteiger partial charge in [-0.15, -0.1) is 0 Å². The third kappa shape index (κ3) is 4.61. The van der Waals surface area contributed by atoms with Crippen molar-refractivity contribution in [1.82, 2.24) is 10.6 Å². The smallest absolute Gasteiger partial charge is 0.225 e. The molecule has 1 aromatic rings. The summed E-state index contributed by atoms with van der Waals surface area (Å²) < 4.78 is 5.45. The van der Waals surface area contributed by atoms with Crippen molar-refractivity contribution in [2.75, 3.05) is 24.3 Å². The number of benzene rings is 1. The molecule has 5 nitrogen and oxygen atoms in total. The third-order valence-electron chi connectivity index (χ3n) is 6.26. The Hall–Kier alpha value is -1.24. The molecule has 5 atom stereocenters. The molecule has 0 aromatic heterocycles. The highest BCUT2D eigenvalue weighted by atomic mass is 32.2. The summed E-state index contributed by atoms with van der Waals surface area (Å²) in [7, 11) is 0. The van der Waals surface area contributed by atoms with Gasteiger partial charge in [-0.1, -0.05) is 25.1 Å². The molecule has 4 rings (SSSR count). The van der Waals surface area contributed by atoms with Crippen molar-refractivity contribution >= 4 is 23.4 Å². The summed E-state index contributed by atoms with van der Waals surface area (Å²) in [5, 5.41) is 11.3. The summed E-state index contributed by atoms with van der Waals surface area (Å²) in [5.74, 6) is 1.67. The first-order valence-corrected chi connectivity index (χ1v) is 11.3. The zero-order valence-electron chi connectivity index (χ0n) is 16.0. The first-order valence-electron chi connectivity index (χ1n) is 10.3. The number of para-hydroxylation sites is 1. The number of rotatable bonds is 5. The van der Waals surface area contributed by atoms with Crippen molar-refractivity contribution in [2.45, 2.75) is 56.1 Å². The van der Waals surface area contributed by atoms with Crippen LogP contribution in [0.5, 0.6) is 0 Å². The molecule has 3 aliphatic rings. The molecule has 27 heavy (non-hydrogen) atoms. The molecule has 0 spiro atoms. The van der Waals surface area contributed by atoms with Crippen molar-refractivity contribution in [3.63, 3.8) is 0 Å². The van der Waals surface area contributed by atoms with Crippen LogP contribution in [-0.4, -0.2) is 48.4 Å². The second-order valence-corrected chi connectivity index (χ2v) is 9.39. The summed E-state index contributed by atoms with van der Waals surface area (Å²) in [6.07, 6.45) is 4.30. The average Bonchev–Trinajstić information content (AvgIpc) is 2.70. The van der Waals surface area contributed by atoms with Gasteiger partial charge in [0.2, 0.25) is 5.91 Å². The lowest BCUT2D eigenvalue weighted by Crippen LogP contribution is -2.67. The normalized spacial score (nSPS) is 34.6. The Balaban J connectivity index is 1.35. The van der Waals surface area contributed by atoms with Gasteiger partial charge in [-0.3, -0.25) is 10.1 Å². The molecular weight excluding hydrogens is 358 g/mol. The lowest BCUT2D eigenvalue weighted by molar-refractivity contribution is -0.131. The SMILES string of the molecule is CC1C(Nc2ccccc2)CCC2C(=O)NC(CSC3CCOCC3)NC21. The van der Waals surface area contributed by atoms with Crippen LogP contribution in [0.25, 0.3) is 0 Å². The predicted molar refractivity (Wildman–Crippen MR) is 111 cm³/mol. The summed E-state index contributed by atoms with van der Waals surface area (Å²) in [4.78, 5) is 12.7. The Kier molecular flexibility index (Phi) is 6.25. The molecule has 3 N–H and O–H groups in total. The Bertz CT molecular complexity index is 623. The highest BCUT2D eigenvalue weighted by Gasteiger charge is 2.44. The Morgan fingerprint density at radius 3 is 2.70 bits per heavy atom. The van der Waals surface area contributed by atoms with E-state index >= 15 is 0 Å². The molecule has 3 fully saturated rings. The van der Waals surface area contributed by atoms with Crippen molar-refractivity contribution in [1.29, 1.82) is 0 Å². The summed E-state index contributed by atoms with van der Waals surface area (Å²) in [6.45, 7) is 4.03. The zero-order valence-corrected chi connectivity index (χ0v) is 16.8. The zero-order chi connectivity index (χ0) is 18.6. The van der Waals surface area contributed by atoms with Gasteiger partial charge in [-0.05, 0) is 43.7 Å². The molecule has 2 saturated heterocycles. The number of anilines is 1. The summed E-state index contributed by atoms with van der Waals surface area (Å²) in [6, 6.07) is 11.0. The predicted octanol–water partition coefficient (Wildman–Crippen LogP) is 2.84. The first kappa shape index (κ1) is 19.1. The molecule has 1 aromatic carbocycles. The van der Waals surface area contributed by atoms with E-state index in [2.05, 4.69) is 47.1 Å². The highest BCUT2D eigenvalue weighted by Crippen LogP contribution is 2.34. The monoisotopic (exact) mass is 389 g/mol. The van der Waals surface area contributed by atoms with E-state index in [4.69, 9.17) is 4.74 Å². The fourth-order valence-electron chi connectivity index (χ4n) is 4.65. The fourth-order valence-corrected chi connectivity index (χ4v) is 5.82. The van der Waals surface area contributed by atoms with Gasteiger partial charge in [0.1, 0.15) is 0 Å². The minimum Gasteiger partial charge on any atom is -0.382 e. The van der Waals surface area contributed by atoms with Gasteiger partial charge in [0, 0.05) is 42.0 Å². The van der Waals surface area contributed by atoms with Crippen molar-refractivity contribution in [3.05, 3.63) is 30.3 Å². The topological polar surface area (TPSA) is 62.4 Å². The van der Waals surface area contributed by atoms with E-state index in [9.17, 15) is 4.79 Å². The second-order valence-electron chi connectivity index (χ2n) is 8.06. The molecule has 0 bridgehead atoms. The standard InChI is InChI=1S/C21H31N3O2S/c1-14-18(22-15-5-3-2-4-6-15)8-7-17-20(14)23-19(24-21(17)25)13-27-16-9-11-26-12-10-16/h2-6,14,16-20,22-23H,7-13H2,1H3,(H,24,25). The molecule has 2 heterocycles. The van der Waals surface area contributed by atoms with E-state index in [1.807, 2.05) is 17.8 Å². The molecule has 1 amide bonds. The maximum Gasteiger partial charge on any atom is 0.225 e. The van der Waals surface area contributed by atoms with Crippen molar-refractivity contribution in [2.24, 2.45) is 11.8 Å². The Labute approximate surface area is 166 Å². The van der Waals surface area contributed by atoms with Gasteiger partial charge in [0.15, 0.2) is 0 Å². The van der Waals surface area contributed by atoms with Gasteiger partial charge in [-0.2, -0.15) is 11.8 Å². The van der Waals surface area contributed by atoms with Crippen LogP contribution in [0, 0.1) is 11.8 Å². The van der Waals surface area contributed by atoms with Crippen molar-refractivity contribution in [3.8, 4) is 0 Å². The minimum atomic E-state index is 0.0736. The van der Waals surface area contributed by atoms with Gasteiger partial charge < -0.3 is 15.4 Å². The van der Waals surface area contributed by atoms with Crippen LogP contribution in [0.2, 0.25) is 0 Å². The van der Waals surface area contributed by atoms with E-state index in [0.29, 0.717) is 17.2 Å². The molecule has 6 heteroatoms. The lowest BCUT2D eigenvalue weighted by atomic mass is 9.73. The number of nitrogens with one attached hydrogen (secondary N) is 3. The molecule has 148 valence electrons. The minimum absolute atomic E-state index is 0.0736. The van der Waals surface area contributed by atoms with E-state index < -0.39 is 0 Å². The lowest BCUT2D eigenvalue weighted by Gasteiger charge is -2.47. The third-order valence-corrected chi connectivity index (χ3v) is 7.73. The van der Waals surface area contributed by atoms with Crippen LogP contribution < -0.4 is 16.0 Å². The van der Waals surface area contributed by atoms with Crippen LogP contribution >= 0.6 is 11.8 Å².